The zero-order chi connectivity index (χ0) is 30.1. The molecule has 0 saturated carbocycles. The van der Waals surface area contributed by atoms with Crippen molar-refractivity contribution in [2.75, 3.05) is 31.7 Å². The van der Waals surface area contributed by atoms with E-state index in [9.17, 15) is 23.7 Å². The van der Waals surface area contributed by atoms with Crippen molar-refractivity contribution < 1.29 is 23.2 Å². The predicted molar refractivity (Wildman–Crippen MR) is 154 cm³/mol. The van der Waals surface area contributed by atoms with Gasteiger partial charge in [0.15, 0.2) is 23.2 Å². The van der Waals surface area contributed by atoms with E-state index >= 15 is 0 Å². The smallest absolute Gasteiger partial charge is 0.363 e. The molecule has 0 radical (unpaired) electrons. The molecule has 1 saturated heterocycles. The number of hydrogen-bond acceptors (Lipinski definition) is 9. The number of nitrogens with zero attached hydrogens (tertiary/aromatic N) is 6. The molecule has 2 aliphatic heterocycles. The van der Waals surface area contributed by atoms with E-state index in [1.807, 2.05) is 12.1 Å². The highest BCUT2D eigenvalue weighted by Crippen LogP contribution is 2.33. The number of piperidine rings is 1. The fraction of sp³-hybridized carbons (Fsp3) is 0.367. The maximum atomic E-state index is 14.7. The third-order valence-electron chi connectivity index (χ3n) is 8.04. The molecule has 0 N–H and O–H groups in total. The van der Waals surface area contributed by atoms with E-state index in [1.54, 1.807) is 30.1 Å². The first-order valence-corrected chi connectivity index (χ1v) is 14.1. The van der Waals surface area contributed by atoms with E-state index in [-0.39, 0.29) is 47.1 Å². The molecular formula is C30H30F2N6O5. The summed E-state index contributed by atoms with van der Waals surface area (Å²) in [4.78, 5) is 36.9. The van der Waals surface area contributed by atoms with Crippen molar-refractivity contribution in [2.45, 2.75) is 44.9 Å². The second-order valence-corrected chi connectivity index (χ2v) is 10.8. The van der Waals surface area contributed by atoms with E-state index in [1.165, 1.54) is 12.3 Å². The number of aryl methyl sites for hydroxylation is 1. The molecular weight excluding hydrogens is 562 g/mol. The normalized spacial score (nSPS) is 16.7. The number of benzene rings is 1. The average Bonchev–Trinajstić information content (AvgIpc) is 3.24. The summed E-state index contributed by atoms with van der Waals surface area (Å²) in [5.41, 5.74) is 2.06. The van der Waals surface area contributed by atoms with E-state index < -0.39 is 16.6 Å². The fourth-order valence-corrected chi connectivity index (χ4v) is 5.95. The molecule has 11 nitrogen and oxygen atoms in total. The summed E-state index contributed by atoms with van der Waals surface area (Å²) in [6.07, 6.45) is 7.19. The summed E-state index contributed by atoms with van der Waals surface area (Å²) >= 11 is 0. The summed E-state index contributed by atoms with van der Waals surface area (Å²) in [5.74, 6) is -2.18. The summed E-state index contributed by atoms with van der Waals surface area (Å²) in [5, 5.41) is 11.2. The van der Waals surface area contributed by atoms with Crippen LogP contribution in [0, 0.1) is 21.7 Å². The van der Waals surface area contributed by atoms with Gasteiger partial charge in [0.05, 0.1) is 30.3 Å². The Bertz CT molecular complexity index is 1730. The largest absolute Gasteiger partial charge is 0.488 e. The van der Waals surface area contributed by atoms with Crippen LogP contribution in [-0.4, -0.2) is 57.2 Å². The van der Waals surface area contributed by atoms with Gasteiger partial charge in [0, 0.05) is 68.9 Å². The van der Waals surface area contributed by atoms with Crippen LogP contribution in [0.15, 0.2) is 53.7 Å². The van der Waals surface area contributed by atoms with Gasteiger partial charge in [-0.1, -0.05) is 0 Å². The lowest BCUT2D eigenvalue weighted by molar-refractivity contribution is -0.389. The van der Waals surface area contributed by atoms with E-state index in [2.05, 4.69) is 19.8 Å². The van der Waals surface area contributed by atoms with Gasteiger partial charge >= 0.3 is 5.82 Å². The first-order valence-electron chi connectivity index (χ1n) is 14.1. The maximum Gasteiger partial charge on any atom is 0.363 e. The van der Waals surface area contributed by atoms with Crippen LogP contribution < -0.4 is 19.8 Å². The second-order valence-electron chi connectivity index (χ2n) is 10.8. The first kappa shape index (κ1) is 28.5. The van der Waals surface area contributed by atoms with Crippen molar-refractivity contribution >= 4 is 22.4 Å². The zero-order valence-electron chi connectivity index (χ0n) is 23.5. The van der Waals surface area contributed by atoms with Gasteiger partial charge in [-0.15, -0.1) is 0 Å². The van der Waals surface area contributed by atoms with Crippen LogP contribution in [0.1, 0.15) is 30.4 Å². The highest BCUT2D eigenvalue weighted by Gasteiger charge is 2.29. The molecule has 4 aromatic rings. The van der Waals surface area contributed by atoms with Gasteiger partial charge in [-0.25, -0.2) is 9.37 Å². The minimum atomic E-state index is -1.12. The van der Waals surface area contributed by atoms with Crippen molar-refractivity contribution in [1.29, 1.82) is 0 Å². The molecule has 224 valence electrons. The van der Waals surface area contributed by atoms with Gasteiger partial charge in [-0.3, -0.25) is 9.69 Å². The van der Waals surface area contributed by atoms with Crippen molar-refractivity contribution in [3.8, 4) is 11.6 Å². The molecule has 6 rings (SSSR count). The Hall–Kier alpha value is -4.65. The lowest BCUT2D eigenvalue weighted by Gasteiger charge is -2.40. The predicted octanol–water partition coefficient (Wildman–Crippen LogP) is 4.44. The Morgan fingerprint density at radius 3 is 2.79 bits per heavy atom. The Morgan fingerprint density at radius 1 is 1.16 bits per heavy atom. The molecule has 1 aromatic carbocycles. The molecule has 5 heterocycles. The van der Waals surface area contributed by atoms with Crippen molar-refractivity contribution in [1.82, 2.24) is 19.4 Å². The topological polar surface area (TPSA) is 116 Å². The number of methoxy groups -OCH3 is 1. The molecule has 0 aliphatic carbocycles. The lowest BCUT2D eigenvalue weighted by atomic mass is 10.0. The van der Waals surface area contributed by atoms with Crippen LogP contribution in [0.25, 0.3) is 10.9 Å². The number of halogens is 2. The number of nitro groups is 1. The van der Waals surface area contributed by atoms with Gasteiger partial charge in [-0.05, 0) is 52.9 Å². The van der Waals surface area contributed by atoms with Gasteiger partial charge in [0.2, 0.25) is 11.7 Å². The van der Waals surface area contributed by atoms with Crippen LogP contribution in [-0.2, 0) is 19.6 Å². The molecule has 43 heavy (non-hydrogen) atoms. The number of anilines is 1. The first-order chi connectivity index (χ1) is 20.8. The lowest BCUT2D eigenvalue weighted by Crippen LogP contribution is -2.48. The Balaban J connectivity index is 1.37. The third kappa shape index (κ3) is 5.72. The van der Waals surface area contributed by atoms with Crippen LogP contribution in [0.5, 0.6) is 11.6 Å². The van der Waals surface area contributed by atoms with Gasteiger partial charge in [-0.2, -0.15) is 4.39 Å². The molecule has 0 amide bonds. The second kappa shape index (κ2) is 11.9. The number of ether oxygens (including phenoxy) is 2. The van der Waals surface area contributed by atoms with E-state index in [0.29, 0.717) is 37.5 Å². The highest BCUT2D eigenvalue weighted by atomic mass is 19.2. The molecule has 1 fully saturated rings. The SMILES string of the molecule is COc1cc(CN(Cc2cn3c4c(c(F)c(F)cc4c2=O)OCCC3)[C@H]2CCCN(c3ccc([N+](=O)[O-])nc3)C2)ccn1. The monoisotopic (exact) mass is 592 g/mol. The zero-order valence-corrected chi connectivity index (χ0v) is 23.5. The van der Waals surface area contributed by atoms with Crippen molar-refractivity contribution in [3.05, 3.63) is 92.0 Å². The van der Waals surface area contributed by atoms with Gasteiger partial charge < -0.3 is 29.1 Å². The molecule has 0 spiro atoms. The van der Waals surface area contributed by atoms with Crippen LogP contribution in [0.4, 0.5) is 20.3 Å². The summed E-state index contributed by atoms with van der Waals surface area (Å²) in [6, 6.07) is 7.78. The molecule has 13 heteroatoms. The summed E-state index contributed by atoms with van der Waals surface area (Å²) < 4.78 is 41.9. The molecule has 2 aliphatic rings. The van der Waals surface area contributed by atoms with Gasteiger partial charge in [0.1, 0.15) is 0 Å². The number of pyridine rings is 3. The summed E-state index contributed by atoms with van der Waals surface area (Å²) in [6.45, 7) is 2.79. The van der Waals surface area contributed by atoms with Crippen molar-refractivity contribution in [3.63, 3.8) is 0 Å². The van der Waals surface area contributed by atoms with E-state index in [4.69, 9.17) is 9.47 Å². The molecule has 0 unspecified atom stereocenters. The fourth-order valence-electron chi connectivity index (χ4n) is 5.95. The number of rotatable bonds is 8. The van der Waals surface area contributed by atoms with Crippen LogP contribution >= 0.6 is 0 Å². The quantitative estimate of drug-likeness (QED) is 0.216. The Kier molecular flexibility index (Phi) is 7.89. The minimum Gasteiger partial charge on any atom is -0.488 e. The standard InChI is InChI=1S/C30H30F2N6O5/c1-42-26-12-19(7-8-33-26)15-37(22-4-2-9-35(18-22)21-5-6-25(34-14-21)38(40)41)17-20-16-36-10-3-11-43-30-27(32)24(31)13-23(28(30)36)29(20)39/h5-8,12-14,16,22H,2-4,9-11,15,17-18H2,1H3/t22-/m0/s1. The number of aromatic nitrogens is 3. The molecule has 1 atom stereocenters. The summed E-state index contributed by atoms with van der Waals surface area (Å²) in [7, 11) is 1.55. The van der Waals surface area contributed by atoms with E-state index in [0.717, 1.165) is 36.7 Å². The Labute approximate surface area is 245 Å². The average molecular weight is 593 g/mol. The van der Waals surface area contributed by atoms with Crippen LogP contribution in [0.3, 0.4) is 0 Å². The van der Waals surface area contributed by atoms with Gasteiger partial charge in [0.25, 0.3) is 0 Å². The number of hydrogen-bond donors (Lipinski definition) is 0. The van der Waals surface area contributed by atoms with Crippen molar-refractivity contribution in [2.24, 2.45) is 0 Å². The molecule has 3 aromatic heterocycles. The molecule has 0 bridgehead atoms. The third-order valence-corrected chi connectivity index (χ3v) is 8.04. The van der Waals surface area contributed by atoms with Crippen LogP contribution in [0.2, 0.25) is 0 Å². The maximum absolute atomic E-state index is 14.7. The minimum absolute atomic E-state index is 0.00817. The highest BCUT2D eigenvalue weighted by molar-refractivity contribution is 5.86. The Morgan fingerprint density at radius 2 is 2.02 bits per heavy atom.